The fraction of sp³-hybridized carbons (Fsp3) is 0.0192. The molecule has 2 aromatic heterocycles. The molecule has 1 spiro atoms. The molecule has 0 atom stereocenters. The number of thiophene rings is 1. The van der Waals surface area contributed by atoms with E-state index in [9.17, 15) is 0 Å². The zero-order chi connectivity index (χ0) is 37.5. The zero-order valence-electron chi connectivity index (χ0n) is 30.6. The van der Waals surface area contributed by atoms with Crippen LogP contribution in [0, 0.1) is 0 Å². The van der Waals surface area contributed by atoms with Crippen LogP contribution in [0.5, 0.6) is 0 Å². The predicted molar refractivity (Wildman–Crippen MR) is 236 cm³/mol. The Kier molecular flexibility index (Phi) is 7.25. The van der Waals surface area contributed by atoms with E-state index in [1.807, 2.05) is 47.4 Å². The van der Waals surface area contributed by atoms with Gasteiger partial charge in [-0.15, -0.1) is 11.3 Å². The average molecular weight is 762 g/mol. The molecule has 0 fully saturated rings. The molecule has 266 valence electrons. The summed E-state index contributed by atoms with van der Waals surface area (Å²) < 4.78 is 2.62. The van der Waals surface area contributed by atoms with Gasteiger partial charge in [-0.25, -0.2) is 15.0 Å². The molecule has 3 heterocycles. The largest absolute Gasteiger partial charge is 0.208 e. The number of fused-ring (bicyclic) bond motifs is 13. The molecule has 1 aliphatic heterocycles. The molecule has 8 aromatic carbocycles. The van der Waals surface area contributed by atoms with Crippen molar-refractivity contribution in [2.24, 2.45) is 0 Å². The second-order valence-electron chi connectivity index (χ2n) is 14.7. The molecule has 0 saturated heterocycles. The highest BCUT2D eigenvalue weighted by molar-refractivity contribution is 7.99. The van der Waals surface area contributed by atoms with E-state index < -0.39 is 5.41 Å². The Bertz CT molecular complexity index is 3160. The van der Waals surface area contributed by atoms with Gasteiger partial charge in [0, 0.05) is 46.7 Å². The maximum Gasteiger partial charge on any atom is 0.164 e. The van der Waals surface area contributed by atoms with Crippen LogP contribution in [0.2, 0.25) is 0 Å². The van der Waals surface area contributed by atoms with Crippen LogP contribution in [-0.4, -0.2) is 15.0 Å². The Balaban J connectivity index is 1.13. The van der Waals surface area contributed by atoms with Crippen LogP contribution >= 0.6 is 23.1 Å². The van der Waals surface area contributed by atoms with E-state index in [1.54, 1.807) is 0 Å². The van der Waals surface area contributed by atoms with Crippen molar-refractivity contribution < 1.29 is 0 Å². The monoisotopic (exact) mass is 761 g/mol. The molecule has 12 rings (SSSR count). The molecule has 0 amide bonds. The van der Waals surface area contributed by atoms with Gasteiger partial charge in [-0.3, -0.25) is 0 Å². The van der Waals surface area contributed by atoms with E-state index in [2.05, 4.69) is 164 Å². The summed E-state index contributed by atoms with van der Waals surface area (Å²) in [7, 11) is 0. The number of benzene rings is 8. The smallest absolute Gasteiger partial charge is 0.164 e. The van der Waals surface area contributed by atoms with Crippen molar-refractivity contribution in [3.8, 4) is 56.4 Å². The normalized spacial score (nSPS) is 13.3. The van der Waals surface area contributed by atoms with Crippen LogP contribution in [0.1, 0.15) is 22.3 Å². The molecule has 1 aliphatic carbocycles. The van der Waals surface area contributed by atoms with E-state index in [-0.39, 0.29) is 0 Å². The van der Waals surface area contributed by atoms with Crippen LogP contribution in [0.3, 0.4) is 0 Å². The van der Waals surface area contributed by atoms with Crippen molar-refractivity contribution in [1.29, 1.82) is 0 Å². The van der Waals surface area contributed by atoms with Gasteiger partial charge in [-0.05, 0) is 74.8 Å². The highest BCUT2D eigenvalue weighted by Crippen LogP contribution is 2.64. The first-order valence-electron chi connectivity index (χ1n) is 19.2. The molecular formula is C52H31N3S2. The zero-order valence-corrected chi connectivity index (χ0v) is 32.2. The van der Waals surface area contributed by atoms with Gasteiger partial charge in [0.1, 0.15) is 0 Å². The summed E-state index contributed by atoms with van der Waals surface area (Å²) in [5.74, 6) is 1.95. The fourth-order valence-electron chi connectivity index (χ4n) is 9.13. The third kappa shape index (κ3) is 4.89. The number of hydrogen-bond acceptors (Lipinski definition) is 5. The van der Waals surface area contributed by atoms with E-state index in [1.165, 1.54) is 68.9 Å². The summed E-state index contributed by atoms with van der Waals surface area (Å²) in [5, 5.41) is 2.64. The average Bonchev–Trinajstić information content (AvgIpc) is 3.80. The van der Waals surface area contributed by atoms with E-state index in [0.717, 1.165) is 22.3 Å². The van der Waals surface area contributed by atoms with Crippen LogP contribution in [0.25, 0.3) is 76.6 Å². The standard InChI is InChI=1S/C52H31N3S2/c1-3-13-32(14-4-1)33-23-25-35(26-24-33)50-53-49(34-15-5-2-6-16-34)54-51(55-50)36-27-28-37-42(31-36)52(39-18-8-11-21-44(39)57-45-22-12-9-19-40(45)52)41-29-30-46-48(47(37)41)38-17-7-10-20-43(38)56-46/h1-31H. The minimum atomic E-state index is -0.540. The molecule has 0 radical (unpaired) electrons. The Labute approximate surface area is 338 Å². The fourth-order valence-corrected chi connectivity index (χ4v) is 11.4. The molecule has 0 bridgehead atoms. The summed E-state index contributed by atoms with van der Waals surface area (Å²) in [6.07, 6.45) is 0. The highest BCUT2D eigenvalue weighted by atomic mass is 32.2. The van der Waals surface area contributed by atoms with Gasteiger partial charge in [0.15, 0.2) is 17.5 Å². The Morgan fingerprint density at radius 1 is 0.368 bits per heavy atom. The Morgan fingerprint density at radius 2 is 0.895 bits per heavy atom. The van der Waals surface area contributed by atoms with Crippen LogP contribution in [-0.2, 0) is 5.41 Å². The molecule has 10 aromatic rings. The van der Waals surface area contributed by atoms with Crippen LogP contribution in [0.15, 0.2) is 198 Å². The third-order valence-corrected chi connectivity index (χ3v) is 13.9. The van der Waals surface area contributed by atoms with Gasteiger partial charge in [-0.2, -0.15) is 0 Å². The van der Waals surface area contributed by atoms with E-state index in [4.69, 9.17) is 15.0 Å². The van der Waals surface area contributed by atoms with Crippen molar-refractivity contribution in [1.82, 2.24) is 15.0 Å². The maximum absolute atomic E-state index is 5.26. The van der Waals surface area contributed by atoms with Crippen molar-refractivity contribution in [3.63, 3.8) is 0 Å². The second-order valence-corrected chi connectivity index (χ2v) is 16.8. The first-order valence-corrected chi connectivity index (χ1v) is 20.8. The minimum absolute atomic E-state index is 0.540. The number of rotatable bonds is 4. The minimum Gasteiger partial charge on any atom is -0.208 e. The molecule has 2 aliphatic rings. The van der Waals surface area contributed by atoms with Crippen LogP contribution < -0.4 is 0 Å². The lowest BCUT2D eigenvalue weighted by Crippen LogP contribution is -2.32. The molecule has 57 heavy (non-hydrogen) atoms. The van der Waals surface area contributed by atoms with Crippen molar-refractivity contribution in [3.05, 3.63) is 210 Å². The number of aromatic nitrogens is 3. The molecular weight excluding hydrogens is 731 g/mol. The molecule has 0 N–H and O–H groups in total. The quantitative estimate of drug-likeness (QED) is 0.179. The Hall–Kier alpha value is -6.66. The summed E-state index contributed by atoms with van der Waals surface area (Å²) in [4.78, 5) is 18.1. The predicted octanol–water partition coefficient (Wildman–Crippen LogP) is 13.7. The SMILES string of the molecule is c1ccc(-c2ccc(-c3nc(-c4ccccc4)nc(-c4ccc5c(c4)C4(c6ccccc6Sc6ccccc64)c4ccc6sc7ccccc7c6c4-5)n3)cc2)cc1. The lowest BCUT2D eigenvalue weighted by Gasteiger charge is -2.39. The number of nitrogens with zero attached hydrogens (tertiary/aromatic N) is 3. The summed E-state index contributed by atoms with van der Waals surface area (Å²) in [6.45, 7) is 0. The first kappa shape index (κ1) is 32.6. The van der Waals surface area contributed by atoms with Gasteiger partial charge in [0.05, 0.1) is 5.41 Å². The van der Waals surface area contributed by atoms with Crippen molar-refractivity contribution in [2.75, 3.05) is 0 Å². The highest BCUT2D eigenvalue weighted by Gasteiger charge is 2.51. The maximum atomic E-state index is 5.26. The van der Waals surface area contributed by atoms with Gasteiger partial charge in [-0.1, -0.05) is 169 Å². The molecule has 3 nitrogen and oxygen atoms in total. The van der Waals surface area contributed by atoms with Crippen LogP contribution in [0.4, 0.5) is 0 Å². The lowest BCUT2D eigenvalue weighted by molar-refractivity contribution is 0.723. The Morgan fingerprint density at radius 3 is 1.60 bits per heavy atom. The van der Waals surface area contributed by atoms with E-state index in [0.29, 0.717) is 17.5 Å². The van der Waals surface area contributed by atoms with Gasteiger partial charge < -0.3 is 0 Å². The van der Waals surface area contributed by atoms with Crippen molar-refractivity contribution in [2.45, 2.75) is 15.2 Å². The number of hydrogen-bond donors (Lipinski definition) is 0. The topological polar surface area (TPSA) is 38.7 Å². The molecule has 0 unspecified atom stereocenters. The van der Waals surface area contributed by atoms with Gasteiger partial charge >= 0.3 is 0 Å². The first-order chi connectivity index (χ1) is 28.2. The van der Waals surface area contributed by atoms with Crippen molar-refractivity contribution >= 4 is 43.3 Å². The summed E-state index contributed by atoms with van der Waals surface area (Å²) in [5.41, 5.74) is 12.4. The van der Waals surface area contributed by atoms with E-state index >= 15 is 0 Å². The lowest BCUT2D eigenvalue weighted by atomic mass is 9.67. The summed E-state index contributed by atoms with van der Waals surface area (Å²) in [6, 6.07) is 67.8. The third-order valence-electron chi connectivity index (χ3n) is 11.6. The summed E-state index contributed by atoms with van der Waals surface area (Å²) >= 11 is 3.74. The van der Waals surface area contributed by atoms with Gasteiger partial charge in [0.25, 0.3) is 0 Å². The van der Waals surface area contributed by atoms with Gasteiger partial charge in [0.2, 0.25) is 0 Å². The second kappa shape index (κ2) is 12.7. The molecule has 0 saturated carbocycles. The molecule has 5 heteroatoms.